The van der Waals surface area contributed by atoms with E-state index in [0.717, 1.165) is 6.42 Å². The maximum Gasteiger partial charge on any atom is 0.0471 e. The molecule has 0 radical (unpaired) electrons. The fourth-order valence-corrected chi connectivity index (χ4v) is 4.40. The molecule has 28 heavy (non-hydrogen) atoms. The minimum atomic E-state index is 0.162. The van der Waals surface area contributed by atoms with E-state index in [4.69, 9.17) is 0 Å². The van der Waals surface area contributed by atoms with Gasteiger partial charge in [0.25, 0.3) is 0 Å². The van der Waals surface area contributed by atoms with Gasteiger partial charge in [-0.3, -0.25) is 0 Å². The number of hydrogen-bond acceptors (Lipinski definition) is 1. The standard InChI is InChI=1S/C27H22O/c28-16-15-20-13-14-22(17-26(20)19-7-2-1-3-8-19)24-11-6-12-25-23-10-5-4-9-21(23)18-27(24)25/h1-14,17,28H,15-16,18H2. The lowest BCUT2D eigenvalue weighted by molar-refractivity contribution is 0.300. The van der Waals surface area contributed by atoms with Gasteiger partial charge < -0.3 is 5.11 Å². The molecule has 1 aliphatic rings. The van der Waals surface area contributed by atoms with Crippen LogP contribution < -0.4 is 0 Å². The third-order valence-electron chi connectivity index (χ3n) is 5.74. The zero-order chi connectivity index (χ0) is 18.9. The van der Waals surface area contributed by atoms with Crippen molar-refractivity contribution in [3.8, 4) is 33.4 Å². The molecule has 1 nitrogen and oxygen atoms in total. The highest BCUT2D eigenvalue weighted by Crippen LogP contribution is 2.42. The van der Waals surface area contributed by atoms with E-state index in [0.29, 0.717) is 6.42 Å². The highest BCUT2D eigenvalue weighted by atomic mass is 16.2. The molecule has 1 N–H and O–H groups in total. The summed E-state index contributed by atoms with van der Waals surface area (Å²) in [4.78, 5) is 0. The summed E-state index contributed by atoms with van der Waals surface area (Å²) in [6.45, 7) is 0.162. The van der Waals surface area contributed by atoms with Gasteiger partial charge in [0.1, 0.15) is 0 Å². The van der Waals surface area contributed by atoms with Gasteiger partial charge in [0.15, 0.2) is 0 Å². The van der Waals surface area contributed by atoms with Gasteiger partial charge >= 0.3 is 0 Å². The summed E-state index contributed by atoms with van der Waals surface area (Å²) in [6.07, 6.45) is 1.66. The van der Waals surface area contributed by atoms with Gasteiger partial charge in [-0.1, -0.05) is 84.9 Å². The second-order valence-corrected chi connectivity index (χ2v) is 7.38. The highest BCUT2D eigenvalue weighted by molar-refractivity contribution is 5.86. The lowest BCUT2D eigenvalue weighted by Gasteiger charge is -2.14. The van der Waals surface area contributed by atoms with Crippen molar-refractivity contribution in [3.63, 3.8) is 0 Å². The number of rotatable bonds is 4. The molecule has 0 heterocycles. The fraction of sp³-hybridized carbons (Fsp3) is 0.111. The van der Waals surface area contributed by atoms with Crippen LogP contribution in [0.4, 0.5) is 0 Å². The van der Waals surface area contributed by atoms with Crippen LogP contribution in [0.5, 0.6) is 0 Å². The van der Waals surface area contributed by atoms with Crippen LogP contribution in [0.2, 0.25) is 0 Å². The van der Waals surface area contributed by atoms with Gasteiger partial charge in [0.05, 0.1) is 0 Å². The summed E-state index contributed by atoms with van der Waals surface area (Å²) < 4.78 is 0. The Hall–Kier alpha value is -3.16. The molecule has 0 saturated carbocycles. The van der Waals surface area contributed by atoms with Gasteiger partial charge in [-0.15, -0.1) is 0 Å². The predicted octanol–water partition coefficient (Wildman–Crippen LogP) is 6.13. The van der Waals surface area contributed by atoms with E-state index in [1.54, 1.807) is 0 Å². The first-order valence-electron chi connectivity index (χ1n) is 9.85. The van der Waals surface area contributed by atoms with Crippen LogP contribution in [-0.2, 0) is 12.8 Å². The maximum atomic E-state index is 9.50. The minimum Gasteiger partial charge on any atom is -0.396 e. The number of aliphatic hydroxyl groups excluding tert-OH is 1. The summed E-state index contributed by atoms with van der Waals surface area (Å²) in [5.41, 5.74) is 11.7. The average Bonchev–Trinajstić information content (AvgIpc) is 3.14. The van der Waals surface area contributed by atoms with Crippen molar-refractivity contribution in [2.24, 2.45) is 0 Å². The van der Waals surface area contributed by atoms with E-state index >= 15 is 0 Å². The Morgan fingerprint density at radius 3 is 2.21 bits per heavy atom. The van der Waals surface area contributed by atoms with Crippen molar-refractivity contribution < 1.29 is 5.11 Å². The Labute approximate surface area is 165 Å². The molecule has 4 aromatic rings. The van der Waals surface area contributed by atoms with Crippen LogP contribution in [0.3, 0.4) is 0 Å². The molecule has 0 fully saturated rings. The molecule has 0 spiro atoms. The molecule has 0 bridgehead atoms. The molecule has 136 valence electrons. The normalized spacial score (nSPS) is 11.9. The monoisotopic (exact) mass is 362 g/mol. The van der Waals surface area contributed by atoms with Gasteiger partial charge in [0.2, 0.25) is 0 Å². The molecule has 0 amide bonds. The molecule has 0 aromatic heterocycles. The van der Waals surface area contributed by atoms with Crippen molar-refractivity contribution in [1.29, 1.82) is 0 Å². The largest absolute Gasteiger partial charge is 0.396 e. The molecule has 4 aromatic carbocycles. The second kappa shape index (κ2) is 7.10. The van der Waals surface area contributed by atoms with E-state index in [1.165, 1.54) is 50.1 Å². The van der Waals surface area contributed by atoms with Crippen molar-refractivity contribution in [2.45, 2.75) is 12.8 Å². The Morgan fingerprint density at radius 1 is 0.607 bits per heavy atom. The number of fused-ring (bicyclic) bond motifs is 3. The molecule has 1 aliphatic carbocycles. The lowest BCUT2D eigenvalue weighted by Crippen LogP contribution is -1.96. The average molecular weight is 362 g/mol. The SMILES string of the molecule is OCCc1ccc(-c2cccc3c2Cc2ccccc2-3)cc1-c1ccccc1. The van der Waals surface area contributed by atoms with Crippen LogP contribution in [0, 0.1) is 0 Å². The van der Waals surface area contributed by atoms with Crippen LogP contribution in [0.1, 0.15) is 16.7 Å². The third kappa shape index (κ3) is 2.85. The van der Waals surface area contributed by atoms with Gasteiger partial charge in [-0.25, -0.2) is 0 Å². The molecule has 1 heteroatoms. The van der Waals surface area contributed by atoms with Crippen molar-refractivity contribution in [3.05, 3.63) is 108 Å². The van der Waals surface area contributed by atoms with E-state index < -0.39 is 0 Å². The topological polar surface area (TPSA) is 20.2 Å². The molecule has 0 aliphatic heterocycles. The number of hydrogen-bond donors (Lipinski definition) is 1. The van der Waals surface area contributed by atoms with E-state index in [-0.39, 0.29) is 6.61 Å². The maximum absolute atomic E-state index is 9.50. The first-order valence-corrected chi connectivity index (χ1v) is 9.85. The zero-order valence-corrected chi connectivity index (χ0v) is 15.7. The first-order chi connectivity index (χ1) is 13.8. The smallest absolute Gasteiger partial charge is 0.0471 e. The number of benzene rings is 4. The Kier molecular flexibility index (Phi) is 4.31. The summed E-state index contributed by atoms with van der Waals surface area (Å²) >= 11 is 0. The van der Waals surface area contributed by atoms with Crippen LogP contribution >= 0.6 is 0 Å². The zero-order valence-electron chi connectivity index (χ0n) is 15.7. The van der Waals surface area contributed by atoms with Crippen LogP contribution in [0.25, 0.3) is 33.4 Å². The van der Waals surface area contributed by atoms with Crippen molar-refractivity contribution >= 4 is 0 Å². The molecular formula is C27H22O. The van der Waals surface area contributed by atoms with Crippen LogP contribution in [-0.4, -0.2) is 11.7 Å². The number of aliphatic hydroxyl groups is 1. The van der Waals surface area contributed by atoms with E-state index in [2.05, 4.69) is 84.9 Å². The molecule has 0 atom stereocenters. The quantitative estimate of drug-likeness (QED) is 0.408. The van der Waals surface area contributed by atoms with Crippen LogP contribution in [0.15, 0.2) is 91.0 Å². The van der Waals surface area contributed by atoms with E-state index in [1.807, 2.05) is 6.07 Å². The Balaban J connectivity index is 1.66. The summed E-state index contributed by atoms with van der Waals surface area (Å²) in [6, 6.07) is 32.5. The predicted molar refractivity (Wildman–Crippen MR) is 116 cm³/mol. The Bertz CT molecular complexity index is 1140. The minimum absolute atomic E-state index is 0.162. The Morgan fingerprint density at radius 2 is 1.36 bits per heavy atom. The van der Waals surface area contributed by atoms with Crippen molar-refractivity contribution in [1.82, 2.24) is 0 Å². The summed E-state index contributed by atoms with van der Waals surface area (Å²) in [5, 5.41) is 9.50. The highest BCUT2D eigenvalue weighted by Gasteiger charge is 2.21. The van der Waals surface area contributed by atoms with Gasteiger partial charge in [0, 0.05) is 6.61 Å². The molecule has 0 saturated heterocycles. The molecule has 0 unspecified atom stereocenters. The van der Waals surface area contributed by atoms with Gasteiger partial charge in [-0.05, 0) is 69.0 Å². The fourth-order valence-electron chi connectivity index (χ4n) is 4.40. The van der Waals surface area contributed by atoms with E-state index in [9.17, 15) is 5.11 Å². The summed E-state index contributed by atoms with van der Waals surface area (Å²) in [5.74, 6) is 0. The molecule has 5 rings (SSSR count). The summed E-state index contributed by atoms with van der Waals surface area (Å²) in [7, 11) is 0. The second-order valence-electron chi connectivity index (χ2n) is 7.38. The molecular weight excluding hydrogens is 340 g/mol. The van der Waals surface area contributed by atoms with Gasteiger partial charge in [-0.2, -0.15) is 0 Å². The van der Waals surface area contributed by atoms with Crippen molar-refractivity contribution in [2.75, 3.05) is 6.61 Å². The first kappa shape index (κ1) is 17.0. The third-order valence-corrected chi connectivity index (χ3v) is 5.74. The lowest BCUT2D eigenvalue weighted by atomic mass is 9.90.